The van der Waals surface area contributed by atoms with Crippen LogP contribution in [0, 0.1) is 0 Å². The molecule has 0 bridgehead atoms. The van der Waals surface area contributed by atoms with Gasteiger partial charge in [0.1, 0.15) is 0 Å². The Bertz CT molecular complexity index is 1200. The Morgan fingerprint density at radius 2 is 1.66 bits per heavy atom. The van der Waals surface area contributed by atoms with E-state index in [4.69, 9.17) is 0 Å². The first-order chi connectivity index (χ1) is 13.8. The Hall–Kier alpha value is -3.62. The van der Waals surface area contributed by atoms with E-state index in [2.05, 4.69) is 20.4 Å². The summed E-state index contributed by atoms with van der Waals surface area (Å²) in [5.74, 6) is -0.201. The van der Waals surface area contributed by atoms with E-state index in [1.54, 1.807) is 0 Å². The summed E-state index contributed by atoms with van der Waals surface area (Å²) in [5.41, 5.74) is 0.956. The van der Waals surface area contributed by atoms with Crippen molar-refractivity contribution in [2.45, 2.75) is 19.1 Å². The van der Waals surface area contributed by atoms with Crippen LogP contribution in [-0.2, 0) is 6.18 Å². The number of alkyl halides is 3. The van der Waals surface area contributed by atoms with E-state index < -0.39 is 17.4 Å². The number of nitrogens with one attached hydrogen (secondary N) is 2. The van der Waals surface area contributed by atoms with E-state index in [0.717, 1.165) is 21.2 Å². The van der Waals surface area contributed by atoms with Gasteiger partial charge in [-0.25, -0.2) is 4.98 Å². The maximum absolute atomic E-state index is 12.8. The molecule has 1 unspecified atom stereocenters. The Balaban J connectivity index is 1.56. The Labute approximate surface area is 163 Å². The van der Waals surface area contributed by atoms with Crippen LogP contribution in [0.1, 0.15) is 24.2 Å². The van der Waals surface area contributed by atoms with Gasteiger partial charge in [-0.05, 0) is 23.6 Å². The highest BCUT2D eigenvalue weighted by Crippen LogP contribution is 2.27. The van der Waals surface area contributed by atoms with E-state index >= 15 is 0 Å². The van der Waals surface area contributed by atoms with Crippen LogP contribution in [0.2, 0.25) is 0 Å². The third-order valence-electron chi connectivity index (χ3n) is 4.49. The van der Waals surface area contributed by atoms with Crippen molar-refractivity contribution < 1.29 is 13.2 Å². The molecule has 4 aromatic rings. The summed E-state index contributed by atoms with van der Waals surface area (Å²) in [6, 6.07) is 18.0. The van der Waals surface area contributed by atoms with Gasteiger partial charge in [-0.2, -0.15) is 22.7 Å². The van der Waals surface area contributed by atoms with Crippen LogP contribution in [0.25, 0.3) is 16.9 Å². The second-order valence-corrected chi connectivity index (χ2v) is 6.54. The number of H-pyrrole nitrogens is 1. The molecular weight excluding hydrogens is 383 g/mol. The summed E-state index contributed by atoms with van der Waals surface area (Å²) in [6.07, 6.45) is -4.71. The van der Waals surface area contributed by atoms with Gasteiger partial charge in [0.15, 0.2) is 5.69 Å². The molecule has 0 saturated heterocycles. The van der Waals surface area contributed by atoms with Gasteiger partial charge in [-0.15, -0.1) is 0 Å². The van der Waals surface area contributed by atoms with Gasteiger partial charge in [0.05, 0.1) is 6.04 Å². The van der Waals surface area contributed by atoms with Crippen molar-refractivity contribution >= 4 is 11.7 Å². The molecule has 29 heavy (non-hydrogen) atoms. The number of hydrogen-bond donors (Lipinski definition) is 2. The largest absolute Gasteiger partial charge is 0.433 e. The zero-order valence-corrected chi connectivity index (χ0v) is 15.2. The number of aromatic amines is 1. The average molecular weight is 399 g/mol. The Morgan fingerprint density at radius 3 is 2.31 bits per heavy atom. The summed E-state index contributed by atoms with van der Waals surface area (Å²) < 4.78 is 39.3. The highest BCUT2D eigenvalue weighted by atomic mass is 19.4. The molecule has 0 radical (unpaired) electrons. The summed E-state index contributed by atoms with van der Waals surface area (Å²) in [6.45, 7) is 1.88. The number of benzene rings is 2. The van der Waals surface area contributed by atoms with Crippen molar-refractivity contribution in [3.63, 3.8) is 0 Å². The number of anilines is 1. The summed E-state index contributed by atoms with van der Waals surface area (Å²) in [7, 11) is 0. The van der Waals surface area contributed by atoms with Crippen LogP contribution < -0.4 is 10.9 Å². The molecule has 0 amide bonds. The van der Waals surface area contributed by atoms with Crippen molar-refractivity contribution in [1.29, 1.82) is 0 Å². The normalized spacial score (nSPS) is 12.8. The van der Waals surface area contributed by atoms with Crippen LogP contribution >= 0.6 is 0 Å². The molecule has 9 heteroatoms. The van der Waals surface area contributed by atoms with E-state index in [1.165, 1.54) is 0 Å². The van der Waals surface area contributed by atoms with Crippen molar-refractivity contribution in [3.8, 4) is 11.1 Å². The minimum atomic E-state index is -4.71. The van der Waals surface area contributed by atoms with Gasteiger partial charge >= 0.3 is 6.18 Å². The number of fused-ring (bicyclic) bond motifs is 1. The second kappa shape index (κ2) is 7.08. The molecule has 148 valence electrons. The predicted molar refractivity (Wildman–Crippen MR) is 103 cm³/mol. The third kappa shape index (κ3) is 3.84. The van der Waals surface area contributed by atoms with E-state index in [-0.39, 0.29) is 17.8 Å². The first kappa shape index (κ1) is 18.7. The number of halogens is 3. The van der Waals surface area contributed by atoms with Gasteiger partial charge in [0.25, 0.3) is 11.3 Å². The molecule has 0 aliphatic heterocycles. The molecule has 2 aromatic carbocycles. The fraction of sp³-hybridized carbons (Fsp3) is 0.150. The Kier molecular flexibility index (Phi) is 4.57. The SMILES string of the molecule is CC(Nc1nc2nc(C(F)(F)F)cc(=O)n2[nH]1)c1ccc(-c2ccccc2)cc1. The summed E-state index contributed by atoms with van der Waals surface area (Å²) in [5, 5.41) is 5.68. The van der Waals surface area contributed by atoms with Gasteiger partial charge in [-0.1, -0.05) is 54.6 Å². The number of nitrogens with zero attached hydrogens (tertiary/aromatic N) is 3. The van der Waals surface area contributed by atoms with Crippen molar-refractivity contribution in [1.82, 2.24) is 19.6 Å². The second-order valence-electron chi connectivity index (χ2n) is 6.54. The minimum Gasteiger partial charge on any atom is -0.348 e. The zero-order valence-electron chi connectivity index (χ0n) is 15.2. The highest BCUT2D eigenvalue weighted by Gasteiger charge is 2.34. The van der Waals surface area contributed by atoms with Crippen molar-refractivity contribution in [2.24, 2.45) is 0 Å². The molecule has 4 rings (SSSR count). The smallest absolute Gasteiger partial charge is 0.348 e. The van der Waals surface area contributed by atoms with Crippen LogP contribution in [-0.4, -0.2) is 19.6 Å². The predicted octanol–water partition coefficient (Wildman–Crippen LogP) is 4.28. The van der Waals surface area contributed by atoms with E-state index in [9.17, 15) is 18.0 Å². The molecular formula is C20H16F3N5O. The lowest BCUT2D eigenvalue weighted by molar-refractivity contribution is -0.141. The molecule has 2 N–H and O–H groups in total. The molecule has 0 saturated carbocycles. The van der Waals surface area contributed by atoms with Crippen LogP contribution in [0.5, 0.6) is 0 Å². The first-order valence-corrected chi connectivity index (χ1v) is 8.80. The minimum absolute atomic E-state index is 0.147. The van der Waals surface area contributed by atoms with Crippen molar-refractivity contribution in [3.05, 3.63) is 82.3 Å². The molecule has 1 atom stereocenters. The van der Waals surface area contributed by atoms with Crippen LogP contribution in [0.15, 0.2) is 65.5 Å². The molecule has 0 aliphatic rings. The fourth-order valence-electron chi connectivity index (χ4n) is 2.97. The van der Waals surface area contributed by atoms with Gasteiger partial charge in [-0.3, -0.25) is 9.89 Å². The highest BCUT2D eigenvalue weighted by molar-refractivity contribution is 5.63. The maximum Gasteiger partial charge on any atom is 0.433 e. The topological polar surface area (TPSA) is 75.1 Å². The lowest BCUT2D eigenvalue weighted by atomic mass is 10.0. The number of aromatic nitrogens is 4. The quantitative estimate of drug-likeness (QED) is 0.537. The molecule has 0 fully saturated rings. The standard InChI is InChI=1S/C20H16F3N5O/c1-12(13-7-9-15(10-8-13)14-5-3-2-4-6-14)24-18-26-19-25-16(20(21,22)23)11-17(29)28(19)27-18/h2-12H,1H3,(H2,24,25,26,27). The average Bonchev–Trinajstić information content (AvgIpc) is 3.11. The van der Waals surface area contributed by atoms with Gasteiger partial charge in [0, 0.05) is 6.07 Å². The van der Waals surface area contributed by atoms with Crippen LogP contribution in [0.4, 0.5) is 19.1 Å². The molecule has 0 spiro atoms. The van der Waals surface area contributed by atoms with E-state index in [0.29, 0.717) is 6.07 Å². The Morgan fingerprint density at radius 1 is 1.00 bits per heavy atom. The van der Waals surface area contributed by atoms with Crippen molar-refractivity contribution in [2.75, 3.05) is 5.32 Å². The number of rotatable bonds is 4. The lowest BCUT2D eigenvalue weighted by Gasteiger charge is -2.13. The summed E-state index contributed by atoms with van der Waals surface area (Å²) in [4.78, 5) is 19.3. The lowest BCUT2D eigenvalue weighted by Crippen LogP contribution is -2.20. The monoisotopic (exact) mass is 399 g/mol. The third-order valence-corrected chi connectivity index (χ3v) is 4.49. The summed E-state index contributed by atoms with van der Waals surface area (Å²) >= 11 is 0. The maximum atomic E-state index is 12.8. The van der Waals surface area contributed by atoms with E-state index in [1.807, 2.05) is 61.5 Å². The van der Waals surface area contributed by atoms with Gasteiger partial charge in [0.2, 0.25) is 5.95 Å². The molecule has 2 heterocycles. The van der Waals surface area contributed by atoms with Gasteiger partial charge < -0.3 is 5.32 Å². The number of hydrogen-bond acceptors (Lipinski definition) is 4. The molecule has 2 aromatic heterocycles. The molecule has 6 nitrogen and oxygen atoms in total. The molecule has 0 aliphatic carbocycles. The first-order valence-electron chi connectivity index (χ1n) is 8.80. The fourth-order valence-corrected chi connectivity index (χ4v) is 2.97. The zero-order chi connectivity index (χ0) is 20.6. The van der Waals surface area contributed by atoms with Crippen LogP contribution in [0.3, 0.4) is 0 Å².